The number of carboxylic acids is 1. The van der Waals surface area contributed by atoms with Crippen LogP contribution in [-0.4, -0.2) is 31.6 Å². The summed E-state index contributed by atoms with van der Waals surface area (Å²) in [6.07, 6.45) is 2.16. The van der Waals surface area contributed by atoms with Gasteiger partial charge >= 0.3 is 5.97 Å². The van der Waals surface area contributed by atoms with Crippen LogP contribution < -0.4 is 9.46 Å². The highest BCUT2D eigenvalue weighted by Crippen LogP contribution is 2.64. The number of sulfonamides is 1. The van der Waals surface area contributed by atoms with Crippen molar-refractivity contribution >= 4 is 39.2 Å². The number of ether oxygens (including phenoxy) is 1. The number of hydrogen-bond acceptors (Lipinski definition) is 4. The second kappa shape index (κ2) is 8.80. The fraction of sp³-hybridized carbons (Fsp3) is 0.292. The predicted molar refractivity (Wildman–Crippen MR) is 127 cm³/mol. The van der Waals surface area contributed by atoms with Crippen LogP contribution in [0, 0.1) is 5.92 Å². The van der Waals surface area contributed by atoms with Crippen molar-refractivity contribution in [3.05, 3.63) is 81.4 Å². The van der Waals surface area contributed by atoms with E-state index in [0.29, 0.717) is 22.2 Å². The Morgan fingerprint density at radius 2 is 1.85 bits per heavy atom. The van der Waals surface area contributed by atoms with E-state index >= 15 is 0 Å². The Morgan fingerprint density at radius 3 is 2.48 bits per heavy atom. The van der Waals surface area contributed by atoms with Crippen LogP contribution in [0.2, 0.25) is 0 Å². The molecule has 6 nitrogen and oxygen atoms in total. The van der Waals surface area contributed by atoms with Crippen molar-refractivity contribution in [2.45, 2.75) is 36.6 Å². The minimum absolute atomic E-state index is 0.0280. The third kappa shape index (κ3) is 4.43. The Bertz CT molecular complexity index is 1270. The molecule has 0 bridgehead atoms. The lowest BCUT2D eigenvalue weighted by atomic mass is 9.99. The van der Waals surface area contributed by atoms with Gasteiger partial charge in [0.15, 0.2) is 0 Å². The first-order valence-electron chi connectivity index (χ1n) is 10.3. The topological polar surface area (TPSA) is 92.7 Å². The quantitative estimate of drug-likeness (QED) is 0.501. The van der Waals surface area contributed by atoms with Crippen molar-refractivity contribution in [2.75, 3.05) is 6.61 Å². The van der Waals surface area contributed by atoms with Gasteiger partial charge < -0.3 is 9.84 Å². The molecule has 1 fully saturated rings. The second-order valence-electron chi connectivity index (χ2n) is 8.39. The van der Waals surface area contributed by atoms with Gasteiger partial charge in [0, 0.05) is 21.9 Å². The zero-order valence-corrected chi connectivity index (χ0v) is 20.3. The van der Waals surface area contributed by atoms with Crippen LogP contribution in [0.1, 0.15) is 30.9 Å². The minimum Gasteiger partial charge on any atom is -0.489 e. The summed E-state index contributed by atoms with van der Waals surface area (Å²) in [5.41, 5.74) is 1.22. The van der Waals surface area contributed by atoms with Gasteiger partial charge in [-0.3, -0.25) is 4.79 Å². The van der Waals surface area contributed by atoms with Gasteiger partial charge in [0.25, 0.3) is 0 Å². The van der Waals surface area contributed by atoms with E-state index in [2.05, 4.69) is 4.72 Å². The number of carbonyl (C=O) groups is 1. The molecule has 2 aromatic carbocycles. The molecule has 2 aliphatic carbocycles. The van der Waals surface area contributed by atoms with Gasteiger partial charge in [-0.25, -0.2) is 8.42 Å². The Kier molecular flexibility index (Phi) is 6.35. The molecule has 0 heterocycles. The Balaban J connectivity index is 1.48. The largest absolute Gasteiger partial charge is 0.489 e. The number of aliphatic carboxylic acids is 1. The van der Waals surface area contributed by atoms with E-state index in [1.165, 1.54) is 24.3 Å². The highest BCUT2D eigenvalue weighted by molar-refractivity contribution is 7.89. The Hall–Kier alpha value is -2.32. The molecule has 0 amide bonds. The number of rotatable bonds is 8. The highest BCUT2D eigenvalue weighted by Gasteiger charge is 2.74. The van der Waals surface area contributed by atoms with Crippen molar-refractivity contribution in [2.24, 2.45) is 5.92 Å². The summed E-state index contributed by atoms with van der Waals surface area (Å²) in [4.78, 5) is 12.1. The van der Waals surface area contributed by atoms with E-state index in [-0.39, 0.29) is 23.3 Å². The van der Waals surface area contributed by atoms with Gasteiger partial charge in [0.2, 0.25) is 10.0 Å². The zero-order chi connectivity index (χ0) is 24.0. The maximum Gasteiger partial charge on any atom is 0.325 e. The van der Waals surface area contributed by atoms with Gasteiger partial charge in [0.1, 0.15) is 17.9 Å². The van der Waals surface area contributed by atoms with Crippen LogP contribution >= 0.6 is 23.2 Å². The summed E-state index contributed by atoms with van der Waals surface area (Å²) in [5, 5.41) is 11.0. The number of hydrogen-bond donors (Lipinski definition) is 2. The lowest BCUT2D eigenvalue weighted by molar-refractivity contribution is -0.140. The third-order valence-electron chi connectivity index (χ3n) is 6.18. The molecule has 0 aliphatic heterocycles. The molecule has 3 unspecified atom stereocenters. The van der Waals surface area contributed by atoms with E-state index in [9.17, 15) is 18.3 Å². The van der Waals surface area contributed by atoms with Crippen molar-refractivity contribution in [1.29, 1.82) is 0 Å². The fourth-order valence-electron chi connectivity index (χ4n) is 4.49. The first-order valence-corrected chi connectivity index (χ1v) is 12.6. The minimum atomic E-state index is -4.06. The monoisotopic (exact) mass is 507 g/mol. The SMILES string of the molecule is C/C(COc1ccc(S(=O)(=O)NC2(C(=O)O)C3Cc4ccccc4C32)cc1)=C(Cl)\C=C(/C)Cl. The van der Waals surface area contributed by atoms with Gasteiger partial charge in [-0.15, -0.1) is 0 Å². The van der Waals surface area contributed by atoms with Crippen molar-refractivity contribution in [3.63, 3.8) is 0 Å². The maximum absolute atomic E-state index is 13.0. The Morgan fingerprint density at radius 1 is 1.18 bits per heavy atom. The van der Waals surface area contributed by atoms with Crippen molar-refractivity contribution in [1.82, 2.24) is 4.72 Å². The zero-order valence-electron chi connectivity index (χ0n) is 18.0. The molecule has 3 atom stereocenters. The molecule has 2 N–H and O–H groups in total. The number of nitrogens with one attached hydrogen (secondary N) is 1. The summed E-state index contributed by atoms with van der Waals surface area (Å²) >= 11 is 12.0. The predicted octanol–water partition coefficient (Wildman–Crippen LogP) is 4.79. The fourth-order valence-corrected chi connectivity index (χ4v) is 6.30. The molecule has 9 heteroatoms. The van der Waals surface area contributed by atoms with E-state index in [1.807, 2.05) is 24.3 Å². The number of halogens is 2. The normalized spacial score (nSPS) is 24.5. The molecule has 1 saturated carbocycles. The summed E-state index contributed by atoms with van der Waals surface area (Å²) < 4.78 is 34.2. The van der Waals surface area contributed by atoms with E-state index in [4.69, 9.17) is 27.9 Å². The Labute approximate surface area is 202 Å². The molecular weight excluding hydrogens is 485 g/mol. The average Bonchev–Trinajstić information content (AvgIpc) is 3.19. The van der Waals surface area contributed by atoms with Crippen LogP contribution in [-0.2, 0) is 21.2 Å². The number of benzene rings is 2. The lowest BCUT2D eigenvalue weighted by Gasteiger charge is -2.19. The van der Waals surface area contributed by atoms with Crippen molar-refractivity contribution in [3.8, 4) is 5.75 Å². The molecule has 0 aromatic heterocycles. The van der Waals surface area contributed by atoms with Crippen LogP contribution in [0.15, 0.2) is 75.1 Å². The van der Waals surface area contributed by atoms with E-state index < -0.39 is 21.5 Å². The molecule has 0 spiro atoms. The summed E-state index contributed by atoms with van der Waals surface area (Å²) in [6, 6.07) is 13.4. The van der Waals surface area contributed by atoms with Crippen LogP contribution in [0.3, 0.4) is 0 Å². The molecular formula is C24H23Cl2NO5S. The van der Waals surface area contributed by atoms with E-state index in [0.717, 1.165) is 16.7 Å². The first kappa shape index (κ1) is 23.8. The molecule has 0 radical (unpaired) electrons. The number of fused-ring (bicyclic) bond motifs is 3. The summed E-state index contributed by atoms with van der Waals surface area (Å²) in [5.74, 6) is -1.37. The van der Waals surface area contributed by atoms with E-state index in [1.54, 1.807) is 19.9 Å². The summed E-state index contributed by atoms with van der Waals surface area (Å²) in [6.45, 7) is 3.72. The smallest absolute Gasteiger partial charge is 0.325 e. The standard InChI is InChI=1S/C24H23Cl2NO5S/c1-14(21(26)11-15(2)25)13-32-17-7-9-18(10-8-17)33(30,31)27-24(23(28)29)20-12-16-5-3-4-6-19(16)22(20)24/h3-11,20,22,27H,12-13H2,1-2H3,(H,28,29)/b15-11+,21-14-. The van der Waals surface area contributed by atoms with Crippen molar-refractivity contribution < 1.29 is 23.1 Å². The second-order valence-corrected chi connectivity index (χ2v) is 11.1. The van der Waals surface area contributed by atoms with Crippen LogP contribution in [0.4, 0.5) is 0 Å². The van der Waals surface area contributed by atoms with Gasteiger partial charge in [-0.05, 0) is 67.3 Å². The lowest BCUT2D eigenvalue weighted by Crippen LogP contribution is -2.46. The molecule has 33 heavy (non-hydrogen) atoms. The van der Waals surface area contributed by atoms with Crippen LogP contribution in [0.25, 0.3) is 0 Å². The first-order chi connectivity index (χ1) is 15.6. The molecule has 2 aromatic rings. The molecule has 174 valence electrons. The van der Waals surface area contributed by atoms with Gasteiger partial charge in [-0.2, -0.15) is 4.72 Å². The molecule has 0 saturated heterocycles. The molecule has 2 aliphatic rings. The third-order valence-corrected chi connectivity index (χ3v) is 8.22. The van der Waals surface area contributed by atoms with Gasteiger partial charge in [0.05, 0.1) is 4.90 Å². The highest BCUT2D eigenvalue weighted by atomic mass is 35.5. The average molecular weight is 508 g/mol. The van der Waals surface area contributed by atoms with Gasteiger partial charge in [-0.1, -0.05) is 47.5 Å². The number of allylic oxidation sites excluding steroid dienone is 3. The van der Waals surface area contributed by atoms with Crippen LogP contribution in [0.5, 0.6) is 5.75 Å². The maximum atomic E-state index is 13.0. The summed E-state index contributed by atoms with van der Waals surface area (Å²) in [7, 11) is -4.06. The molecule has 4 rings (SSSR count). The number of carboxylic acid groups (broad SMARTS) is 1.